The monoisotopic (exact) mass is 321 g/mol. The van der Waals surface area contributed by atoms with Gasteiger partial charge >= 0.3 is 5.69 Å². The van der Waals surface area contributed by atoms with Crippen molar-refractivity contribution in [3.05, 3.63) is 38.6 Å². The van der Waals surface area contributed by atoms with Crippen molar-refractivity contribution >= 4 is 0 Å². The highest BCUT2D eigenvalue weighted by Crippen LogP contribution is 2.20. The second-order valence-electron chi connectivity index (χ2n) is 5.58. The zero-order chi connectivity index (χ0) is 17.0. The average molecular weight is 321 g/mol. The van der Waals surface area contributed by atoms with Gasteiger partial charge in [-0.3, -0.25) is 14.3 Å². The molecule has 7 nitrogen and oxygen atoms in total. The highest BCUT2D eigenvalue weighted by atomic mass is 16.5. The van der Waals surface area contributed by atoms with Crippen molar-refractivity contribution in [2.24, 2.45) is 0 Å². The molecule has 0 saturated carbocycles. The molecule has 1 unspecified atom stereocenters. The first kappa shape index (κ1) is 17.2. The molecule has 0 aliphatic carbocycles. The molecule has 2 rings (SSSR count). The summed E-state index contributed by atoms with van der Waals surface area (Å²) in [6.45, 7) is 6.04. The van der Waals surface area contributed by atoms with Crippen LogP contribution in [0.4, 0.5) is 0 Å². The average Bonchev–Trinajstić information content (AvgIpc) is 2.83. The largest absolute Gasteiger partial charge is 0.440 e. The van der Waals surface area contributed by atoms with E-state index < -0.39 is 11.2 Å². The number of rotatable bonds is 7. The highest BCUT2D eigenvalue weighted by molar-refractivity contribution is 5.57. The fourth-order valence-corrected chi connectivity index (χ4v) is 2.60. The molecule has 0 aliphatic heterocycles. The maximum atomic E-state index is 12.1. The lowest BCUT2D eigenvalue weighted by molar-refractivity contribution is 0.0832. The summed E-state index contributed by atoms with van der Waals surface area (Å²) in [5.74, 6) is 0.881. The molecule has 1 N–H and O–H groups in total. The Balaban J connectivity index is 2.31. The van der Waals surface area contributed by atoms with Gasteiger partial charge in [0.05, 0.1) is 11.8 Å². The predicted octanol–water partition coefficient (Wildman–Crippen LogP) is 2.01. The Hall–Kier alpha value is -2.15. The fourth-order valence-electron chi connectivity index (χ4n) is 2.60. The molecule has 2 heterocycles. The molecule has 7 heteroatoms. The summed E-state index contributed by atoms with van der Waals surface area (Å²) in [4.78, 5) is 30.6. The number of hydrogen-bond acceptors (Lipinski definition) is 5. The molecule has 0 radical (unpaired) electrons. The van der Waals surface area contributed by atoms with Crippen LogP contribution in [0.2, 0.25) is 0 Å². The lowest BCUT2D eigenvalue weighted by atomic mass is 10.1. The standard InChI is InChI=1S/C16H23N3O4/c1-5-6-12(22-4)7-8-19-9-13(15(20)18-16(19)21)14-10(2)17-11(3)23-14/h9,12H,5-8H2,1-4H3,(H,18,20,21). The summed E-state index contributed by atoms with van der Waals surface area (Å²) in [6, 6.07) is 0. The SMILES string of the molecule is CCCC(CCn1cc(-c2oc(C)nc2C)c(=O)[nH]c1=O)OC. The van der Waals surface area contributed by atoms with Gasteiger partial charge in [-0.25, -0.2) is 9.78 Å². The molecular formula is C16H23N3O4. The van der Waals surface area contributed by atoms with Gasteiger partial charge in [-0.2, -0.15) is 0 Å². The minimum absolute atomic E-state index is 0.0940. The lowest BCUT2D eigenvalue weighted by Crippen LogP contribution is -2.31. The van der Waals surface area contributed by atoms with Crippen LogP contribution in [0.1, 0.15) is 37.8 Å². The number of aromatic amines is 1. The van der Waals surface area contributed by atoms with E-state index in [4.69, 9.17) is 9.15 Å². The molecule has 126 valence electrons. The topological polar surface area (TPSA) is 90.1 Å². The van der Waals surface area contributed by atoms with Crippen LogP contribution in [-0.2, 0) is 11.3 Å². The summed E-state index contributed by atoms with van der Waals surface area (Å²) >= 11 is 0. The van der Waals surface area contributed by atoms with Crippen LogP contribution in [-0.4, -0.2) is 27.7 Å². The van der Waals surface area contributed by atoms with E-state index in [1.165, 1.54) is 10.8 Å². The second-order valence-corrected chi connectivity index (χ2v) is 5.58. The molecule has 0 aliphatic rings. The summed E-state index contributed by atoms with van der Waals surface area (Å²) in [5.41, 5.74) is 0.0347. The van der Waals surface area contributed by atoms with Crippen LogP contribution < -0.4 is 11.2 Å². The van der Waals surface area contributed by atoms with Gasteiger partial charge in [0.15, 0.2) is 11.7 Å². The molecular weight excluding hydrogens is 298 g/mol. The number of ether oxygens (including phenoxy) is 1. The maximum Gasteiger partial charge on any atom is 0.328 e. The number of aryl methyl sites for hydroxylation is 3. The third-order valence-corrected chi connectivity index (χ3v) is 3.80. The first-order chi connectivity index (χ1) is 11.0. The van der Waals surface area contributed by atoms with Gasteiger partial charge in [0.2, 0.25) is 0 Å². The summed E-state index contributed by atoms with van der Waals surface area (Å²) in [7, 11) is 1.67. The van der Waals surface area contributed by atoms with Gasteiger partial charge < -0.3 is 9.15 Å². The summed E-state index contributed by atoms with van der Waals surface area (Å²) < 4.78 is 12.4. The molecule has 0 amide bonds. The molecule has 0 aromatic carbocycles. The quantitative estimate of drug-likeness (QED) is 0.842. The Morgan fingerprint density at radius 3 is 2.65 bits per heavy atom. The van der Waals surface area contributed by atoms with Gasteiger partial charge in [-0.1, -0.05) is 13.3 Å². The Kier molecular flexibility index (Phi) is 5.54. The van der Waals surface area contributed by atoms with Crippen LogP contribution in [0.5, 0.6) is 0 Å². The van der Waals surface area contributed by atoms with Crippen LogP contribution in [0.15, 0.2) is 20.2 Å². The maximum absolute atomic E-state index is 12.1. The van der Waals surface area contributed by atoms with Gasteiger partial charge in [0, 0.05) is 26.8 Å². The summed E-state index contributed by atoms with van der Waals surface area (Å²) in [5, 5.41) is 0. The predicted molar refractivity (Wildman–Crippen MR) is 86.6 cm³/mol. The van der Waals surface area contributed by atoms with Crippen LogP contribution in [0, 0.1) is 13.8 Å². The van der Waals surface area contributed by atoms with E-state index in [0.717, 1.165) is 12.8 Å². The molecule has 23 heavy (non-hydrogen) atoms. The van der Waals surface area contributed by atoms with Crippen molar-refractivity contribution in [1.82, 2.24) is 14.5 Å². The number of nitrogens with zero attached hydrogens (tertiary/aromatic N) is 2. The summed E-state index contributed by atoms with van der Waals surface area (Å²) in [6.07, 6.45) is 4.27. The number of oxazole rings is 1. The van der Waals surface area contributed by atoms with E-state index in [1.54, 1.807) is 21.0 Å². The molecule has 2 aromatic heterocycles. The Morgan fingerprint density at radius 2 is 2.09 bits per heavy atom. The molecule has 0 saturated heterocycles. The highest BCUT2D eigenvalue weighted by Gasteiger charge is 2.16. The van der Waals surface area contributed by atoms with Gasteiger partial charge in [-0.05, 0) is 19.8 Å². The van der Waals surface area contributed by atoms with Crippen LogP contribution in [0.25, 0.3) is 11.3 Å². The van der Waals surface area contributed by atoms with E-state index in [2.05, 4.69) is 16.9 Å². The van der Waals surface area contributed by atoms with Crippen molar-refractivity contribution in [2.75, 3.05) is 7.11 Å². The Bertz CT molecular complexity index is 772. The van der Waals surface area contributed by atoms with Gasteiger partial charge in [0.25, 0.3) is 5.56 Å². The number of nitrogens with one attached hydrogen (secondary N) is 1. The normalized spacial score (nSPS) is 12.5. The van der Waals surface area contributed by atoms with Crippen LogP contribution >= 0.6 is 0 Å². The molecule has 0 spiro atoms. The van der Waals surface area contributed by atoms with Crippen molar-refractivity contribution in [3.8, 4) is 11.3 Å². The van der Waals surface area contributed by atoms with E-state index in [-0.39, 0.29) is 6.10 Å². The third-order valence-electron chi connectivity index (χ3n) is 3.80. The first-order valence-electron chi connectivity index (χ1n) is 7.77. The lowest BCUT2D eigenvalue weighted by Gasteiger charge is -2.15. The van der Waals surface area contributed by atoms with Crippen molar-refractivity contribution in [2.45, 2.75) is 52.7 Å². The fraction of sp³-hybridized carbons (Fsp3) is 0.562. The number of methoxy groups -OCH3 is 1. The minimum Gasteiger partial charge on any atom is -0.440 e. The van der Waals surface area contributed by atoms with Crippen molar-refractivity contribution in [1.29, 1.82) is 0 Å². The number of aromatic nitrogens is 3. The van der Waals surface area contributed by atoms with E-state index in [0.29, 0.717) is 35.9 Å². The molecule has 0 fully saturated rings. The van der Waals surface area contributed by atoms with E-state index in [9.17, 15) is 9.59 Å². The Morgan fingerprint density at radius 1 is 1.35 bits per heavy atom. The Labute approximate surface area is 134 Å². The van der Waals surface area contributed by atoms with Crippen molar-refractivity contribution in [3.63, 3.8) is 0 Å². The minimum atomic E-state index is -0.470. The third kappa shape index (κ3) is 3.98. The number of H-pyrrole nitrogens is 1. The molecule has 1 atom stereocenters. The zero-order valence-corrected chi connectivity index (χ0v) is 14.0. The smallest absolute Gasteiger partial charge is 0.328 e. The molecule has 0 bridgehead atoms. The van der Waals surface area contributed by atoms with Gasteiger partial charge in [-0.15, -0.1) is 0 Å². The zero-order valence-electron chi connectivity index (χ0n) is 14.0. The van der Waals surface area contributed by atoms with Crippen LogP contribution in [0.3, 0.4) is 0 Å². The first-order valence-corrected chi connectivity index (χ1v) is 7.77. The second kappa shape index (κ2) is 7.41. The van der Waals surface area contributed by atoms with Gasteiger partial charge in [0.1, 0.15) is 5.56 Å². The van der Waals surface area contributed by atoms with E-state index >= 15 is 0 Å². The number of hydrogen-bond donors (Lipinski definition) is 1. The molecule has 2 aromatic rings. The van der Waals surface area contributed by atoms with E-state index in [1.807, 2.05) is 0 Å². The van der Waals surface area contributed by atoms with Crippen molar-refractivity contribution < 1.29 is 9.15 Å².